The summed E-state index contributed by atoms with van der Waals surface area (Å²) in [5.74, 6) is -1.65. The summed E-state index contributed by atoms with van der Waals surface area (Å²) in [5, 5.41) is 2.61. The Balaban J connectivity index is 2.57. The molecule has 92 valence electrons. The van der Waals surface area contributed by atoms with Gasteiger partial charge in [-0.1, -0.05) is 12.2 Å². The van der Waals surface area contributed by atoms with Crippen molar-refractivity contribution in [1.82, 2.24) is 5.32 Å². The van der Waals surface area contributed by atoms with Crippen molar-refractivity contribution in [3.05, 3.63) is 35.4 Å². The van der Waals surface area contributed by atoms with E-state index < -0.39 is 17.3 Å². The normalized spacial score (nSPS) is 10.8. The van der Waals surface area contributed by atoms with E-state index in [4.69, 9.17) is 5.73 Å². The Morgan fingerprint density at radius 2 is 2.00 bits per heavy atom. The first-order valence-electron chi connectivity index (χ1n) is 5.16. The second-order valence-corrected chi connectivity index (χ2v) is 3.57. The van der Waals surface area contributed by atoms with E-state index in [1.165, 1.54) is 6.92 Å². The first-order chi connectivity index (χ1) is 8.00. The highest BCUT2D eigenvalue weighted by atomic mass is 19.1. The number of carbonyl (C=O) groups excluding carboxylic acids is 1. The van der Waals surface area contributed by atoms with Gasteiger partial charge in [0.2, 0.25) is 5.91 Å². The number of nitrogen functional groups attached to an aromatic ring is 1. The van der Waals surface area contributed by atoms with Crippen LogP contribution in [0.2, 0.25) is 0 Å². The number of amides is 1. The number of rotatable bonds is 4. The van der Waals surface area contributed by atoms with Crippen LogP contribution in [0.1, 0.15) is 18.9 Å². The van der Waals surface area contributed by atoms with Gasteiger partial charge in [0.15, 0.2) is 0 Å². The van der Waals surface area contributed by atoms with E-state index in [1.54, 1.807) is 12.2 Å². The zero-order chi connectivity index (χ0) is 12.8. The second kappa shape index (κ2) is 5.98. The van der Waals surface area contributed by atoms with Gasteiger partial charge in [-0.15, -0.1) is 0 Å². The smallest absolute Gasteiger partial charge is 0.216 e. The van der Waals surface area contributed by atoms with Crippen molar-refractivity contribution in [2.75, 3.05) is 12.3 Å². The van der Waals surface area contributed by atoms with Gasteiger partial charge in [-0.3, -0.25) is 4.79 Å². The highest BCUT2D eigenvalue weighted by molar-refractivity contribution is 5.72. The molecule has 0 aromatic heterocycles. The maximum absolute atomic E-state index is 13.1. The third-order valence-corrected chi connectivity index (χ3v) is 2.10. The first-order valence-corrected chi connectivity index (χ1v) is 5.16. The summed E-state index contributed by atoms with van der Waals surface area (Å²) in [5.41, 5.74) is 5.07. The summed E-state index contributed by atoms with van der Waals surface area (Å²) in [6.07, 6.45) is 3.89. The Hall–Kier alpha value is -1.91. The fourth-order valence-electron chi connectivity index (χ4n) is 1.25. The van der Waals surface area contributed by atoms with Crippen LogP contribution in [0.15, 0.2) is 18.2 Å². The van der Waals surface area contributed by atoms with Crippen molar-refractivity contribution >= 4 is 17.7 Å². The quantitative estimate of drug-likeness (QED) is 0.625. The standard InChI is InChI=1S/C12H14F2N2O/c1-8(17)16-5-3-2-4-9-6-10(13)12(15)11(14)7-9/h2,4,6-7H,3,5,15H2,1H3,(H,16,17). The summed E-state index contributed by atoms with van der Waals surface area (Å²) in [6, 6.07) is 2.32. The summed E-state index contributed by atoms with van der Waals surface area (Å²) < 4.78 is 26.1. The molecule has 3 nitrogen and oxygen atoms in total. The lowest BCUT2D eigenvalue weighted by atomic mass is 10.1. The Morgan fingerprint density at radius 1 is 1.41 bits per heavy atom. The van der Waals surface area contributed by atoms with E-state index in [0.717, 1.165) is 12.1 Å². The van der Waals surface area contributed by atoms with Crippen molar-refractivity contribution < 1.29 is 13.6 Å². The van der Waals surface area contributed by atoms with E-state index in [-0.39, 0.29) is 5.91 Å². The van der Waals surface area contributed by atoms with Gasteiger partial charge in [0, 0.05) is 13.5 Å². The van der Waals surface area contributed by atoms with Gasteiger partial charge in [0.05, 0.1) is 0 Å². The molecule has 5 heteroatoms. The molecule has 1 aromatic rings. The fourth-order valence-corrected chi connectivity index (χ4v) is 1.25. The molecular formula is C12H14F2N2O. The van der Waals surface area contributed by atoms with Gasteiger partial charge < -0.3 is 11.1 Å². The molecule has 3 N–H and O–H groups in total. The van der Waals surface area contributed by atoms with Crippen LogP contribution >= 0.6 is 0 Å². The van der Waals surface area contributed by atoms with Gasteiger partial charge in [-0.25, -0.2) is 8.78 Å². The minimum atomic E-state index is -0.772. The molecule has 1 aromatic carbocycles. The van der Waals surface area contributed by atoms with Crippen LogP contribution in [-0.4, -0.2) is 12.5 Å². The third-order valence-electron chi connectivity index (χ3n) is 2.10. The average Bonchev–Trinajstić information content (AvgIpc) is 2.25. The number of carbonyl (C=O) groups is 1. The number of nitrogens with two attached hydrogens (primary N) is 1. The van der Waals surface area contributed by atoms with E-state index >= 15 is 0 Å². The summed E-state index contributed by atoms with van der Waals surface area (Å²) >= 11 is 0. The molecule has 0 spiro atoms. The number of hydrogen-bond acceptors (Lipinski definition) is 2. The van der Waals surface area contributed by atoms with Gasteiger partial charge in [0.25, 0.3) is 0 Å². The monoisotopic (exact) mass is 240 g/mol. The Labute approximate surface area is 98.3 Å². The first kappa shape index (κ1) is 13.2. The van der Waals surface area contributed by atoms with Crippen LogP contribution in [0.4, 0.5) is 14.5 Å². The van der Waals surface area contributed by atoms with Crippen molar-refractivity contribution in [2.24, 2.45) is 0 Å². The molecule has 0 aliphatic heterocycles. The molecule has 17 heavy (non-hydrogen) atoms. The summed E-state index contributed by atoms with van der Waals surface area (Å²) in [7, 11) is 0. The fraction of sp³-hybridized carbons (Fsp3) is 0.250. The van der Waals surface area contributed by atoms with Crippen LogP contribution in [0.3, 0.4) is 0 Å². The van der Waals surface area contributed by atoms with Crippen molar-refractivity contribution in [2.45, 2.75) is 13.3 Å². The van der Waals surface area contributed by atoms with E-state index in [9.17, 15) is 13.6 Å². The Kier molecular flexibility index (Phi) is 4.63. The molecule has 0 unspecified atom stereocenters. The van der Waals surface area contributed by atoms with E-state index in [0.29, 0.717) is 18.5 Å². The number of halogens is 2. The van der Waals surface area contributed by atoms with Gasteiger partial charge in [0.1, 0.15) is 17.3 Å². The topological polar surface area (TPSA) is 55.1 Å². The number of anilines is 1. The highest BCUT2D eigenvalue weighted by Gasteiger charge is 2.05. The number of benzene rings is 1. The van der Waals surface area contributed by atoms with Crippen LogP contribution in [0.25, 0.3) is 6.08 Å². The molecule has 1 amide bonds. The largest absolute Gasteiger partial charge is 0.394 e. The molecule has 0 bridgehead atoms. The minimum Gasteiger partial charge on any atom is -0.394 e. The van der Waals surface area contributed by atoms with Crippen molar-refractivity contribution in [1.29, 1.82) is 0 Å². The molecular weight excluding hydrogens is 226 g/mol. The molecule has 0 aliphatic carbocycles. The summed E-state index contributed by atoms with van der Waals surface area (Å²) in [6.45, 7) is 1.92. The van der Waals surface area contributed by atoms with Crippen LogP contribution in [-0.2, 0) is 4.79 Å². The third kappa shape index (κ3) is 4.22. The predicted octanol–water partition coefficient (Wildman–Crippen LogP) is 2.09. The minimum absolute atomic E-state index is 0.108. The molecule has 0 heterocycles. The van der Waals surface area contributed by atoms with Gasteiger partial charge in [-0.2, -0.15) is 0 Å². The van der Waals surface area contributed by atoms with Crippen molar-refractivity contribution in [3.8, 4) is 0 Å². The lowest BCUT2D eigenvalue weighted by molar-refractivity contribution is -0.118. The lowest BCUT2D eigenvalue weighted by Crippen LogP contribution is -2.20. The maximum atomic E-state index is 13.1. The molecule has 0 fully saturated rings. The Bertz CT molecular complexity index is 421. The van der Waals surface area contributed by atoms with E-state index in [2.05, 4.69) is 5.32 Å². The van der Waals surface area contributed by atoms with Gasteiger partial charge >= 0.3 is 0 Å². The zero-order valence-corrected chi connectivity index (χ0v) is 9.47. The molecule has 0 atom stereocenters. The van der Waals surface area contributed by atoms with Crippen LogP contribution in [0, 0.1) is 11.6 Å². The van der Waals surface area contributed by atoms with Crippen LogP contribution in [0.5, 0.6) is 0 Å². The maximum Gasteiger partial charge on any atom is 0.216 e. The van der Waals surface area contributed by atoms with Crippen molar-refractivity contribution in [3.63, 3.8) is 0 Å². The summed E-state index contributed by atoms with van der Waals surface area (Å²) in [4.78, 5) is 10.6. The Morgan fingerprint density at radius 3 is 2.53 bits per heavy atom. The molecule has 1 rings (SSSR count). The second-order valence-electron chi connectivity index (χ2n) is 3.57. The SMILES string of the molecule is CC(=O)NCCC=Cc1cc(F)c(N)c(F)c1. The highest BCUT2D eigenvalue weighted by Crippen LogP contribution is 2.18. The molecule has 0 radical (unpaired) electrons. The number of nitrogens with one attached hydrogen (secondary N) is 1. The average molecular weight is 240 g/mol. The molecule has 0 saturated heterocycles. The number of hydrogen-bond donors (Lipinski definition) is 2. The van der Waals surface area contributed by atoms with E-state index in [1.807, 2.05) is 0 Å². The predicted molar refractivity (Wildman–Crippen MR) is 63.1 cm³/mol. The van der Waals surface area contributed by atoms with Gasteiger partial charge in [-0.05, 0) is 24.1 Å². The van der Waals surface area contributed by atoms with Crippen LogP contribution < -0.4 is 11.1 Å². The lowest BCUT2D eigenvalue weighted by Gasteiger charge is -2.01. The molecule has 0 saturated carbocycles. The zero-order valence-electron chi connectivity index (χ0n) is 9.47. The molecule has 0 aliphatic rings.